The molecule has 0 heterocycles. The maximum atomic E-state index is 11.7. The SMILES string of the molecule is CC(CCCBr)CC(F)F. The van der Waals surface area contributed by atoms with Gasteiger partial charge in [-0.15, -0.1) is 0 Å². The van der Waals surface area contributed by atoms with Crippen molar-refractivity contribution in [1.82, 2.24) is 0 Å². The van der Waals surface area contributed by atoms with E-state index in [-0.39, 0.29) is 12.3 Å². The standard InChI is InChI=1S/C7H13BrF2/c1-6(3-2-4-8)5-7(9)10/h6-7H,2-5H2,1H3. The third-order valence-electron chi connectivity index (χ3n) is 1.41. The minimum Gasteiger partial charge on any atom is -0.211 e. The third-order valence-corrected chi connectivity index (χ3v) is 1.97. The highest BCUT2D eigenvalue weighted by Gasteiger charge is 2.08. The van der Waals surface area contributed by atoms with Crippen LogP contribution in [0.2, 0.25) is 0 Å². The van der Waals surface area contributed by atoms with E-state index >= 15 is 0 Å². The van der Waals surface area contributed by atoms with E-state index in [0.717, 1.165) is 18.2 Å². The first-order chi connectivity index (χ1) is 4.66. The zero-order valence-corrected chi connectivity index (χ0v) is 7.70. The number of hydrogen-bond donors (Lipinski definition) is 0. The summed E-state index contributed by atoms with van der Waals surface area (Å²) in [5, 5.41) is 0.917. The lowest BCUT2D eigenvalue weighted by atomic mass is 10.0. The van der Waals surface area contributed by atoms with Gasteiger partial charge in [-0.2, -0.15) is 0 Å². The molecule has 0 radical (unpaired) electrons. The Morgan fingerprint density at radius 1 is 1.40 bits per heavy atom. The Kier molecular flexibility index (Phi) is 6.28. The van der Waals surface area contributed by atoms with E-state index in [9.17, 15) is 8.78 Å². The van der Waals surface area contributed by atoms with Crippen molar-refractivity contribution in [2.75, 3.05) is 5.33 Å². The molecule has 1 unspecified atom stereocenters. The van der Waals surface area contributed by atoms with E-state index < -0.39 is 6.43 Å². The quantitative estimate of drug-likeness (QED) is 0.616. The Bertz CT molecular complexity index is 76.0. The molecule has 0 spiro atoms. The second-order valence-corrected chi connectivity index (χ2v) is 3.36. The molecule has 0 saturated heterocycles. The van der Waals surface area contributed by atoms with Crippen molar-refractivity contribution in [3.63, 3.8) is 0 Å². The maximum absolute atomic E-state index is 11.7. The van der Waals surface area contributed by atoms with Crippen molar-refractivity contribution >= 4 is 15.9 Å². The second kappa shape index (κ2) is 6.08. The van der Waals surface area contributed by atoms with Crippen molar-refractivity contribution in [1.29, 1.82) is 0 Å². The topological polar surface area (TPSA) is 0 Å². The fourth-order valence-corrected chi connectivity index (χ4v) is 1.17. The van der Waals surface area contributed by atoms with E-state index in [2.05, 4.69) is 15.9 Å². The zero-order valence-electron chi connectivity index (χ0n) is 6.12. The molecule has 10 heavy (non-hydrogen) atoms. The van der Waals surface area contributed by atoms with Gasteiger partial charge in [0, 0.05) is 11.8 Å². The van der Waals surface area contributed by atoms with Crippen molar-refractivity contribution in [2.24, 2.45) is 5.92 Å². The van der Waals surface area contributed by atoms with Gasteiger partial charge in [0.15, 0.2) is 0 Å². The summed E-state index contributed by atoms with van der Waals surface area (Å²) in [6.07, 6.45) is -0.193. The van der Waals surface area contributed by atoms with Gasteiger partial charge in [-0.25, -0.2) is 8.78 Å². The number of hydrogen-bond acceptors (Lipinski definition) is 0. The van der Waals surface area contributed by atoms with Crippen LogP contribution >= 0.6 is 15.9 Å². The number of halogens is 3. The van der Waals surface area contributed by atoms with Gasteiger partial charge in [0.2, 0.25) is 6.43 Å². The molecule has 0 aliphatic rings. The summed E-state index contributed by atoms with van der Waals surface area (Å²) in [4.78, 5) is 0. The van der Waals surface area contributed by atoms with Crippen molar-refractivity contribution in [3.05, 3.63) is 0 Å². The monoisotopic (exact) mass is 214 g/mol. The second-order valence-electron chi connectivity index (χ2n) is 2.56. The van der Waals surface area contributed by atoms with Crippen LogP contribution in [0.5, 0.6) is 0 Å². The Labute approximate surface area is 69.1 Å². The first kappa shape index (κ1) is 10.3. The molecule has 0 N–H and O–H groups in total. The van der Waals surface area contributed by atoms with Gasteiger partial charge in [0.1, 0.15) is 0 Å². The Morgan fingerprint density at radius 3 is 2.40 bits per heavy atom. The highest BCUT2D eigenvalue weighted by atomic mass is 79.9. The molecule has 62 valence electrons. The van der Waals surface area contributed by atoms with E-state index in [0.29, 0.717) is 0 Å². The smallest absolute Gasteiger partial charge is 0.211 e. The Morgan fingerprint density at radius 2 is 2.00 bits per heavy atom. The van der Waals surface area contributed by atoms with Crippen LogP contribution < -0.4 is 0 Å². The molecule has 0 aliphatic heterocycles. The molecule has 0 saturated carbocycles. The largest absolute Gasteiger partial charge is 0.238 e. The molecule has 0 aromatic heterocycles. The van der Waals surface area contributed by atoms with E-state index in [1.165, 1.54) is 0 Å². The van der Waals surface area contributed by atoms with Gasteiger partial charge in [-0.1, -0.05) is 22.9 Å². The van der Waals surface area contributed by atoms with E-state index in [1.54, 1.807) is 0 Å². The number of alkyl halides is 3. The average Bonchev–Trinajstić information content (AvgIpc) is 1.82. The molecular weight excluding hydrogens is 202 g/mol. The highest BCUT2D eigenvalue weighted by molar-refractivity contribution is 9.09. The van der Waals surface area contributed by atoms with Crippen LogP contribution in [0.25, 0.3) is 0 Å². The van der Waals surface area contributed by atoms with Crippen LogP contribution in [0, 0.1) is 5.92 Å². The summed E-state index contributed by atoms with van der Waals surface area (Å²) in [7, 11) is 0. The van der Waals surface area contributed by atoms with Gasteiger partial charge in [-0.05, 0) is 18.8 Å². The summed E-state index contributed by atoms with van der Waals surface area (Å²) < 4.78 is 23.4. The van der Waals surface area contributed by atoms with Crippen LogP contribution in [-0.4, -0.2) is 11.8 Å². The third kappa shape index (κ3) is 6.46. The first-order valence-electron chi connectivity index (χ1n) is 3.51. The van der Waals surface area contributed by atoms with Gasteiger partial charge in [0.25, 0.3) is 0 Å². The van der Waals surface area contributed by atoms with E-state index in [4.69, 9.17) is 0 Å². The van der Waals surface area contributed by atoms with Gasteiger partial charge in [-0.3, -0.25) is 0 Å². The van der Waals surface area contributed by atoms with Crippen LogP contribution in [0.15, 0.2) is 0 Å². The van der Waals surface area contributed by atoms with Gasteiger partial charge < -0.3 is 0 Å². The van der Waals surface area contributed by atoms with Crippen molar-refractivity contribution < 1.29 is 8.78 Å². The zero-order chi connectivity index (χ0) is 7.98. The fraction of sp³-hybridized carbons (Fsp3) is 1.00. The lowest BCUT2D eigenvalue weighted by molar-refractivity contribution is 0.116. The maximum Gasteiger partial charge on any atom is 0.238 e. The van der Waals surface area contributed by atoms with Crippen LogP contribution in [0.4, 0.5) is 8.78 Å². The van der Waals surface area contributed by atoms with Gasteiger partial charge in [0.05, 0.1) is 0 Å². The van der Waals surface area contributed by atoms with Crippen LogP contribution in [0.3, 0.4) is 0 Å². The summed E-state index contributed by atoms with van der Waals surface area (Å²) in [6.45, 7) is 1.87. The highest BCUT2D eigenvalue weighted by Crippen LogP contribution is 2.15. The predicted molar refractivity (Wildman–Crippen MR) is 42.8 cm³/mol. The van der Waals surface area contributed by atoms with Crippen LogP contribution in [0.1, 0.15) is 26.2 Å². The molecule has 0 aromatic carbocycles. The Balaban J connectivity index is 3.16. The molecule has 3 heteroatoms. The minimum absolute atomic E-state index is 0.0486. The van der Waals surface area contributed by atoms with E-state index in [1.807, 2.05) is 6.92 Å². The molecule has 0 fully saturated rings. The molecule has 0 amide bonds. The molecular formula is C7H13BrF2. The average molecular weight is 215 g/mol. The predicted octanol–water partition coefficient (Wildman–Crippen LogP) is 3.45. The molecule has 0 rings (SSSR count). The van der Waals surface area contributed by atoms with Crippen LogP contribution in [-0.2, 0) is 0 Å². The molecule has 0 aliphatic carbocycles. The molecule has 0 nitrogen and oxygen atoms in total. The Hall–Kier alpha value is 0.340. The van der Waals surface area contributed by atoms with Crippen molar-refractivity contribution in [3.8, 4) is 0 Å². The first-order valence-corrected chi connectivity index (χ1v) is 4.63. The summed E-state index contributed by atoms with van der Waals surface area (Å²) in [5.41, 5.74) is 0. The fourth-order valence-electron chi connectivity index (χ4n) is 0.848. The summed E-state index contributed by atoms with van der Waals surface area (Å²) >= 11 is 3.26. The normalized spacial score (nSPS) is 14.1. The van der Waals surface area contributed by atoms with Gasteiger partial charge >= 0.3 is 0 Å². The lowest BCUT2D eigenvalue weighted by Gasteiger charge is -2.08. The lowest BCUT2D eigenvalue weighted by Crippen LogP contribution is -2.01. The molecule has 0 bridgehead atoms. The summed E-state index contributed by atoms with van der Waals surface area (Å²) in [5.74, 6) is 0.164. The molecule has 0 aromatic rings. The molecule has 1 atom stereocenters. The van der Waals surface area contributed by atoms with Crippen molar-refractivity contribution in [2.45, 2.75) is 32.6 Å². The minimum atomic E-state index is -2.13. The summed E-state index contributed by atoms with van der Waals surface area (Å²) in [6, 6.07) is 0. The number of rotatable bonds is 5.